The summed E-state index contributed by atoms with van der Waals surface area (Å²) in [5.74, 6) is -1.70. The first-order valence-corrected chi connectivity index (χ1v) is 5.59. The van der Waals surface area contributed by atoms with E-state index in [2.05, 4.69) is 4.98 Å². The van der Waals surface area contributed by atoms with Crippen LogP contribution in [0.5, 0.6) is 5.88 Å². The number of nitrogens with zero attached hydrogens (tertiary/aromatic N) is 1. The first-order chi connectivity index (χ1) is 8.68. The van der Waals surface area contributed by atoms with Crippen molar-refractivity contribution in [2.45, 2.75) is 12.3 Å². The van der Waals surface area contributed by atoms with Crippen LogP contribution in [-0.4, -0.2) is 21.2 Å². The molecule has 4 nitrogen and oxygen atoms in total. The summed E-state index contributed by atoms with van der Waals surface area (Å²) < 4.78 is 0. The van der Waals surface area contributed by atoms with E-state index >= 15 is 0 Å². The molecule has 1 atom stereocenters. The van der Waals surface area contributed by atoms with Crippen LogP contribution in [0, 0.1) is 0 Å². The second-order valence-electron chi connectivity index (χ2n) is 3.99. The van der Waals surface area contributed by atoms with Crippen molar-refractivity contribution in [1.82, 2.24) is 4.98 Å². The van der Waals surface area contributed by atoms with E-state index in [0.717, 1.165) is 0 Å². The molecule has 0 radical (unpaired) electrons. The molecule has 0 saturated carbocycles. The highest BCUT2D eigenvalue weighted by atomic mass is 16.4. The largest absolute Gasteiger partial charge is 0.493 e. The van der Waals surface area contributed by atoms with Gasteiger partial charge in [-0.25, -0.2) is 4.98 Å². The third kappa shape index (κ3) is 2.66. The van der Waals surface area contributed by atoms with Gasteiger partial charge in [0, 0.05) is 11.8 Å². The molecule has 0 aliphatic heterocycles. The normalized spacial score (nSPS) is 12.0. The highest BCUT2D eigenvalue weighted by Gasteiger charge is 2.21. The lowest BCUT2D eigenvalue weighted by Gasteiger charge is -2.13. The van der Waals surface area contributed by atoms with Gasteiger partial charge in [0.15, 0.2) is 0 Å². The van der Waals surface area contributed by atoms with E-state index < -0.39 is 11.9 Å². The Morgan fingerprint density at radius 3 is 2.50 bits per heavy atom. The van der Waals surface area contributed by atoms with Gasteiger partial charge in [0.2, 0.25) is 5.88 Å². The third-order valence-corrected chi connectivity index (χ3v) is 2.79. The van der Waals surface area contributed by atoms with Crippen molar-refractivity contribution in [3.63, 3.8) is 0 Å². The predicted molar refractivity (Wildman–Crippen MR) is 66.4 cm³/mol. The maximum atomic E-state index is 11.3. The first kappa shape index (κ1) is 12.1. The van der Waals surface area contributed by atoms with Gasteiger partial charge in [-0.05, 0) is 18.1 Å². The van der Waals surface area contributed by atoms with Crippen molar-refractivity contribution in [2.75, 3.05) is 0 Å². The molecule has 1 unspecified atom stereocenters. The molecule has 2 N–H and O–H groups in total. The van der Waals surface area contributed by atoms with Crippen molar-refractivity contribution < 1.29 is 15.0 Å². The number of hydrogen-bond acceptors (Lipinski definition) is 3. The van der Waals surface area contributed by atoms with Crippen LogP contribution < -0.4 is 0 Å². The molecule has 1 heterocycles. The van der Waals surface area contributed by atoms with Gasteiger partial charge in [-0.15, -0.1) is 0 Å². The van der Waals surface area contributed by atoms with E-state index in [4.69, 9.17) is 0 Å². The standard InChI is InChI=1S/C14H13NO3/c16-13-11(7-4-8-15-13)9-12(14(17)18)10-5-2-1-3-6-10/h1-8,12H,9H2,(H,15,16)(H,17,18). The molecule has 0 spiro atoms. The van der Waals surface area contributed by atoms with Gasteiger partial charge in [0.05, 0.1) is 5.92 Å². The van der Waals surface area contributed by atoms with Crippen molar-refractivity contribution in [3.05, 3.63) is 59.8 Å². The zero-order valence-electron chi connectivity index (χ0n) is 9.65. The number of rotatable bonds is 4. The minimum atomic E-state index is -0.913. The van der Waals surface area contributed by atoms with E-state index in [1.165, 1.54) is 6.20 Å². The highest BCUT2D eigenvalue weighted by Crippen LogP contribution is 2.24. The molecule has 0 fully saturated rings. The van der Waals surface area contributed by atoms with Crippen molar-refractivity contribution in [1.29, 1.82) is 0 Å². The SMILES string of the molecule is O=C(O)C(Cc1cccnc1O)c1ccccc1. The summed E-state index contributed by atoms with van der Waals surface area (Å²) in [6, 6.07) is 12.3. The molecule has 0 bridgehead atoms. The smallest absolute Gasteiger partial charge is 0.311 e. The quantitative estimate of drug-likeness (QED) is 0.863. The molecule has 2 rings (SSSR count). The maximum Gasteiger partial charge on any atom is 0.311 e. The molecule has 0 aliphatic carbocycles. The van der Waals surface area contributed by atoms with E-state index in [0.29, 0.717) is 11.1 Å². The average Bonchev–Trinajstić information content (AvgIpc) is 2.38. The summed E-state index contributed by atoms with van der Waals surface area (Å²) >= 11 is 0. The molecule has 92 valence electrons. The fourth-order valence-electron chi connectivity index (χ4n) is 1.84. The molecule has 0 amide bonds. The Balaban J connectivity index is 2.28. The number of aromatic nitrogens is 1. The number of benzene rings is 1. The van der Waals surface area contributed by atoms with E-state index in [1.807, 2.05) is 6.07 Å². The number of carboxylic acid groups (broad SMARTS) is 1. The van der Waals surface area contributed by atoms with Gasteiger partial charge in [-0.3, -0.25) is 4.79 Å². The topological polar surface area (TPSA) is 70.4 Å². The summed E-state index contributed by atoms with van der Waals surface area (Å²) in [6.45, 7) is 0. The van der Waals surface area contributed by atoms with E-state index in [9.17, 15) is 15.0 Å². The molecule has 1 aromatic heterocycles. The van der Waals surface area contributed by atoms with Gasteiger partial charge in [0.25, 0.3) is 0 Å². The Labute approximate surface area is 105 Å². The van der Waals surface area contributed by atoms with Gasteiger partial charge < -0.3 is 10.2 Å². The van der Waals surface area contributed by atoms with Crippen LogP contribution in [0.2, 0.25) is 0 Å². The predicted octanol–water partition coefficient (Wildman–Crippen LogP) is 2.20. The lowest BCUT2D eigenvalue weighted by molar-refractivity contribution is -0.138. The summed E-state index contributed by atoms with van der Waals surface area (Å²) in [5.41, 5.74) is 1.25. The van der Waals surface area contributed by atoms with E-state index in [-0.39, 0.29) is 12.3 Å². The van der Waals surface area contributed by atoms with Crippen LogP contribution in [0.4, 0.5) is 0 Å². The molecular weight excluding hydrogens is 230 g/mol. The lowest BCUT2D eigenvalue weighted by Crippen LogP contribution is -2.14. The molecule has 1 aromatic carbocycles. The van der Waals surface area contributed by atoms with Crippen LogP contribution in [0.3, 0.4) is 0 Å². The molecular formula is C14H13NO3. The lowest BCUT2D eigenvalue weighted by atomic mass is 9.92. The fourth-order valence-corrected chi connectivity index (χ4v) is 1.84. The van der Waals surface area contributed by atoms with Gasteiger partial charge >= 0.3 is 5.97 Å². The Hall–Kier alpha value is -2.36. The average molecular weight is 243 g/mol. The number of hydrogen-bond donors (Lipinski definition) is 2. The van der Waals surface area contributed by atoms with Crippen LogP contribution in [0.15, 0.2) is 48.7 Å². The minimum Gasteiger partial charge on any atom is -0.493 e. The Morgan fingerprint density at radius 1 is 1.17 bits per heavy atom. The molecule has 4 heteroatoms. The zero-order valence-corrected chi connectivity index (χ0v) is 9.65. The highest BCUT2D eigenvalue weighted by molar-refractivity contribution is 5.76. The monoisotopic (exact) mass is 243 g/mol. The summed E-state index contributed by atoms with van der Waals surface area (Å²) in [5, 5.41) is 18.9. The number of aliphatic carboxylic acids is 1. The summed E-state index contributed by atoms with van der Waals surface area (Å²) in [7, 11) is 0. The van der Waals surface area contributed by atoms with Crippen LogP contribution in [0.25, 0.3) is 0 Å². The second-order valence-corrected chi connectivity index (χ2v) is 3.99. The third-order valence-electron chi connectivity index (χ3n) is 2.79. The van der Waals surface area contributed by atoms with Gasteiger partial charge in [0.1, 0.15) is 0 Å². The first-order valence-electron chi connectivity index (χ1n) is 5.59. The van der Waals surface area contributed by atoms with Crippen LogP contribution in [0.1, 0.15) is 17.0 Å². The van der Waals surface area contributed by atoms with Crippen molar-refractivity contribution >= 4 is 5.97 Å². The van der Waals surface area contributed by atoms with Crippen molar-refractivity contribution in [2.24, 2.45) is 0 Å². The number of aromatic hydroxyl groups is 1. The molecule has 18 heavy (non-hydrogen) atoms. The van der Waals surface area contributed by atoms with Gasteiger partial charge in [-0.2, -0.15) is 0 Å². The molecule has 2 aromatic rings. The minimum absolute atomic E-state index is 0.111. The maximum absolute atomic E-state index is 11.3. The zero-order chi connectivity index (χ0) is 13.0. The number of carboxylic acids is 1. The Bertz CT molecular complexity index is 540. The Kier molecular flexibility index (Phi) is 3.57. The van der Waals surface area contributed by atoms with Crippen LogP contribution >= 0.6 is 0 Å². The van der Waals surface area contributed by atoms with Crippen LogP contribution in [-0.2, 0) is 11.2 Å². The van der Waals surface area contributed by atoms with E-state index in [1.54, 1.807) is 36.4 Å². The fraction of sp³-hybridized carbons (Fsp3) is 0.143. The van der Waals surface area contributed by atoms with Gasteiger partial charge in [-0.1, -0.05) is 36.4 Å². The van der Waals surface area contributed by atoms with Crippen molar-refractivity contribution in [3.8, 4) is 5.88 Å². The second kappa shape index (κ2) is 5.31. The molecule has 0 saturated heterocycles. The number of pyridine rings is 1. The summed E-state index contributed by atoms with van der Waals surface area (Å²) in [6.07, 6.45) is 1.69. The number of carbonyl (C=O) groups is 1. The molecule has 0 aliphatic rings. The Morgan fingerprint density at radius 2 is 1.89 bits per heavy atom. The summed E-state index contributed by atoms with van der Waals surface area (Å²) in [4.78, 5) is 15.1.